The minimum Gasteiger partial charge on any atom is -0.384 e. The third-order valence-electron chi connectivity index (χ3n) is 4.89. The highest BCUT2D eigenvalue weighted by Gasteiger charge is 2.23. The molecule has 2 N–H and O–H groups in total. The summed E-state index contributed by atoms with van der Waals surface area (Å²) in [6, 6.07) is 16.4. The summed E-state index contributed by atoms with van der Waals surface area (Å²) in [6.07, 6.45) is 0. The summed E-state index contributed by atoms with van der Waals surface area (Å²) in [5, 5.41) is 12.1. The lowest BCUT2D eigenvalue weighted by Gasteiger charge is -2.14. The lowest BCUT2D eigenvalue weighted by Crippen LogP contribution is -2.43. The maximum absolute atomic E-state index is 13.0. The van der Waals surface area contributed by atoms with E-state index in [9.17, 15) is 14.4 Å². The molecule has 162 valence electrons. The molecule has 0 aliphatic carbocycles. The molecule has 0 fully saturated rings. The molecule has 0 saturated heterocycles. The van der Waals surface area contributed by atoms with Gasteiger partial charge in [0.25, 0.3) is 5.56 Å². The molecule has 0 spiro atoms. The molecule has 4 aromatic rings. The molecule has 11 heteroatoms. The number of nitrogen functional groups attached to an aromatic ring is 1. The molecule has 0 unspecified atom stereocenters. The highest BCUT2D eigenvalue weighted by Crippen LogP contribution is 2.17. The maximum atomic E-state index is 13.0. The maximum Gasteiger partial charge on any atom is 0.332 e. The summed E-state index contributed by atoms with van der Waals surface area (Å²) in [7, 11) is 1.31. The fourth-order valence-corrected chi connectivity index (χ4v) is 3.46. The van der Waals surface area contributed by atoms with Gasteiger partial charge in [0.1, 0.15) is 17.9 Å². The second kappa shape index (κ2) is 8.71. The number of Topliss-reactive ketones (excluding diaryl/α,β-unsaturated/α-hetero) is 1. The van der Waals surface area contributed by atoms with Crippen molar-refractivity contribution in [2.75, 3.05) is 5.73 Å². The minimum absolute atomic E-state index is 0.120. The number of aromatic nitrogens is 6. The predicted molar refractivity (Wildman–Crippen MR) is 121 cm³/mol. The number of benzene rings is 2. The average molecular weight is 496 g/mol. The van der Waals surface area contributed by atoms with Gasteiger partial charge < -0.3 is 5.73 Å². The van der Waals surface area contributed by atoms with Gasteiger partial charge in [-0.25, -0.2) is 4.79 Å². The van der Waals surface area contributed by atoms with E-state index in [1.54, 1.807) is 12.1 Å². The molecule has 2 aromatic carbocycles. The van der Waals surface area contributed by atoms with E-state index in [-0.39, 0.29) is 24.5 Å². The molecule has 0 radical (unpaired) electrons. The Labute approximate surface area is 190 Å². The predicted octanol–water partition coefficient (Wildman–Crippen LogP) is 1.48. The van der Waals surface area contributed by atoms with Crippen LogP contribution in [0, 0.1) is 0 Å². The fraction of sp³-hybridized carbons (Fsp3) is 0.143. The third-order valence-corrected chi connectivity index (χ3v) is 5.41. The van der Waals surface area contributed by atoms with Gasteiger partial charge in [0, 0.05) is 17.1 Å². The zero-order valence-electron chi connectivity index (χ0n) is 17.0. The Balaban J connectivity index is 1.66. The van der Waals surface area contributed by atoms with Gasteiger partial charge in [0.15, 0.2) is 5.78 Å². The Morgan fingerprint density at radius 2 is 1.75 bits per heavy atom. The molecule has 0 aliphatic heterocycles. The largest absolute Gasteiger partial charge is 0.384 e. The lowest BCUT2D eigenvalue weighted by molar-refractivity contribution is 0.0959. The van der Waals surface area contributed by atoms with Crippen LogP contribution in [0.3, 0.4) is 0 Å². The van der Waals surface area contributed by atoms with E-state index >= 15 is 0 Å². The van der Waals surface area contributed by atoms with Gasteiger partial charge in [-0.2, -0.15) is 4.80 Å². The Bertz CT molecular complexity index is 1410. The molecule has 0 saturated carbocycles. The van der Waals surface area contributed by atoms with Crippen molar-refractivity contribution in [3.8, 4) is 11.4 Å². The first-order valence-electron chi connectivity index (χ1n) is 9.55. The SMILES string of the molecule is Cn1c(=O)c(C(=O)Cn2nnc(-c3ccc(Br)cc3)n2)c(N)n(Cc2ccccc2)c1=O. The first-order valence-corrected chi connectivity index (χ1v) is 10.3. The number of rotatable bonds is 6. The second-order valence-corrected chi connectivity index (χ2v) is 7.97. The highest BCUT2D eigenvalue weighted by molar-refractivity contribution is 9.10. The van der Waals surface area contributed by atoms with Crippen molar-refractivity contribution < 1.29 is 4.79 Å². The highest BCUT2D eigenvalue weighted by atomic mass is 79.9. The Kier molecular flexibility index (Phi) is 5.82. The molecule has 0 aliphatic rings. The van der Waals surface area contributed by atoms with Crippen LogP contribution >= 0.6 is 15.9 Å². The van der Waals surface area contributed by atoms with E-state index < -0.39 is 17.0 Å². The Hall–Kier alpha value is -3.86. The molecule has 0 atom stereocenters. The van der Waals surface area contributed by atoms with Gasteiger partial charge in [0.05, 0.1) is 6.54 Å². The molecule has 32 heavy (non-hydrogen) atoms. The summed E-state index contributed by atoms with van der Waals surface area (Å²) in [5.41, 5.74) is 5.99. The van der Waals surface area contributed by atoms with E-state index in [0.29, 0.717) is 5.82 Å². The number of nitrogens with two attached hydrogens (primary N) is 1. The summed E-state index contributed by atoms with van der Waals surface area (Å²) < 4.78 is 2.97. The zero-order chi connectivity index (χ0) is 22.8. The van der Waals surface area contributed by atoms with Crippen LogP contribution < -0.4 is 17.0 Å². The topological polar surface area (TPSA) is 131 Å². The normalized spacial score (nSPS) is 10.9. The number of tetrazole rings is 1. The molecular weight excluding hydrogens is 478 g/mol. The number of halogens is 1. The van der Waals surface area contributed by atoms with Crippen LogP contribution in [0.4, 0.5) is 5.82 Å². The molecule has 0 amide bonds. The second-order valence-electron chi connectivity index (χ2n) is 7.05. The summed E-state index contributed by atoms with van der Waals surface area (Å²) in [5.74, 6) is -0.481. The van der Waals surface area contributed by atoms with Crippen molar-refractivity contribution in [3.05, 3.63) is 91.0 Å². The monoisotopic (exact) mass is 495 g/mol. The Morgan fingerprint density at radius 1 is 1.06 bits per heavy atom. The van der Waals surface area contributed by atoms with Gasteiger partial charge in [-0.3, -0.25) is 18.7 Å². The standard InChI is InChI=1S/C21H18BrN7O3/c1-27-20(31)17(18(23)28(21(27)32)11-13-5-3-2-4-6-13)16(30)12-29-25-19(24-26-29)14-7-9-15(22)10-8-14/h2-10H,11-12,23H2,1H3. The molecule has 2 heterocycles. The van der Waals surface area contributed by atoms with E-state index in [0.717, 1.165) is 25.0 Å². The number of carbonyl (C=O) groups excluding carboxylic acids is 1. The van der Waals surface area contributed by atoms with Crippen LogP contribution in [0.15, 0.2) is 68.7 Å². The number of carbonyl (C=O) groups is 1. The third kappa shape index (κ3) is 4.14. The molecule has 10 nitrogen and oxygen atoms in total. The molecule has 0 bridgehead atoms. The van der Waals surface area contributed by atoms with Gasteiger partial charge in [-0.1, -0.05) is 46.3 Å². The smallest absolute Gasteiger partial charge is 0.332 e. The zero-order valence-corrected chi connectivity index (χ0v) is 18.6. The first-order chi connectivity index (χ1) is 15.3. The van der Waals surface area contributed by atoms with Crippen LogP contribution in [0.5, 0.6) is 0 Å². The van der Waals surface area contributed by atoms with Crippen molar-refractivity contribution in [3.63, 3.8) is 0 Å². The quantitative estimate of drug-likeness (QED) is 0.400. The number of hydrogen-bond donors (Lipinski definition) is 1. The van der Waals surface area contributed by atoms with Crippen LogP contribution in [0.2, 0.25) is 0 Å². The van der Waals surface area contributed by atoms with Gasteiger partial charge >= 0.3 is 5.69 Å². The average Bonchev–Trinajstić information content (AvgIpc) is 3.25. The van der Waals surface area contributed by atoms with Crippen LogP contribution in [-0.4, -0.2) is 35.1 Å². The van der Waals surface area contributed by atoms with Crippen LogP contribution in [-0.2, 0) is 20.1 Å². The van der Waals surface area contributed by atoms with Gasteiger partial charge in [-0.15, -0.1) is 10.2 Å². The summed E-state index contributed by atoms with van der Waals surface area (Å²) in [6.45, 7) is -0.234. The van der Waals surface area contributed by atoms with Crippen LogP contribution in [0.1, 0.15) is 15.9 Å². The molecule has 2 aromatic heterocycles. The van der Waals surface area contributed by atoms with Crippen molar-refractivity contribution in [1.82, 2.24) is 29.3 Å². The van der Waals surface area contributed by atoms with E-state index in [4.69, 9.17) is 5.73 Å². The van der Waals surface area contributed by atoms with Gasteiger partial charge in [0.2, 0.25) is 5.82 Å². The first kappa shape index (κ1) is 21.4. The van der Waals surface area contributed by atoms with Crippen molar-refractivity contribution in [2.45, 2.75) is 13.1 Å². The lowest BCUT2D eigenvalue weighted by atomic mass is 10.1. The van der Waals surface area contributed by atoms with Crippen molar-refractivity contribution in [2.24, 2.45) is 7.05 Å². The van der Waals surface area contributed by atoms with Crippen LogP contribution in [0.25, 0.3) is 11.4 Å². The van der Waals surface area contributed by atoms with E-state index in [1.165, 1.54) is 11.6 Å². The fourth-order valence-electron chi connectivity index (χ4n) is 3.20. The molecular formula is C21H18BrN7O3. The number of hydrogen-bond acceptors (Lipinski definition) is 7. The summed E-state index contributed by atoms with van der Waals surface area (Å²) >= 11 is 3.36. The van der Waals surface area contributed by atoms with Crippen molar-refractivity contribution >= 4 is 27.5 Å². The van der Waals surface area contributed by atoms with Gasteiger partial charge in [-0.05, 0) is 35.0 Å². The summed E-state index contributed by atoms with van der Waals surface area (Å²) in [4.78, 5) is 39.4. The Morgan fingerprint density at radius 3 is 2.44 bits per heavy atom. The minimum atomic E-state index is -0.768. The number of ketones is 1. The number of anilines is 1. The number of nitrogens with zero attached hydrogens (tertiary/aromatic N) is 6. The van der Waals surface area contributed by atoms with E-state index in [1.807, 2.05) is 42.5 Å². The molecule has 4 rings (SSSR count). The van der Waals surface area contributed by atoms with E-state index in [2.05, 4.69) is 31.3 Å². The van der Waals surface area contributed by atoms with Crippen molar-refractivity contribution in [1.29, 1.82) is 0 Å².